The summed E-state index contributed by atoms with van der Waals surface area (Å²) < 4.78 is 26.8. The summed E-state index contributed by atoms with van der Waals surface area (Å²) in [5.41, 5.74) is 0.916. The van der Waals surface area contributed by atoms with E-state index in [0.29, 0.717) is 37.5 Å². The number of nitrogens with zero attached hydrogens (tertiary/aromatic N) is 4. The molecule has 29 heavy (non-hydrogen) atoms. The van der Waals surface area contributed by atoms with Gasteiger partial charge in [0.2, 0.25) is 16.0 Å². The molecule has 0 aromatic carbocycles. The molecule has 2 aliphatic carbocycles. The number of pyridine rings is 1. The van der Waals surface area contributed by atoms with Gasteiger partial charge in [-0.3, -0.25) is 9.36 Å². The van der Waals surface area contributed by atoms with Crippen LogP contribution in [-0.2, 0) is 10.0 Å². The molecule has 3 fully saturated rings. The third kappa shape index (κ3) is 3.24. The minimum absolute atomic E-state index is 0.00221. The Morgan fingerprint density at radius 1 is 1.17 bits per heavy atom. The molecule has 0 amide bonds. The average Bonchev–Trinajstić information content (AvgIpc) is 3.24. The van der Waals surface area contributed by atoms with Crippen molar-refractivity contribution in [1.82, 2.24) is 18.8 Å². The monoisotopic (exact) mass is 417 g/mol. The first-order valence-electron chi connectivity index (χ1n) is 10.4. The highest BCUT2D eigenvalue weighted by molar-refractivity contribution is 7.88. The van der Waals surface area contributed by atoms with Crippen molar-refractivity contribution < 1.29 is 8.42 Å². The minimum Gasteiger partial charge on any atom is -0.351 e. The van der Waals surface area contributed by atoms with Gasteiger partial charge in [0.05, 0.1) is 6.26 Å². The molecule has 9 heteroatoms. The molecular formula is C20H27N5O3S. The van der Waals surface area contributed by atoms with Gasteiger partial charge in [0.25, 0.3) is 5.56 Å². The van der Waals surface area contributed by atoms with Gasteiger partial charge in [0, 0.05) is 42.8 Å². The maximum atomic E-state index is 12.8. The van der Waals surface area contributed by atoms with Gasteiger partial charge in [-0.15, -0.1) is 0 Å². The number of anilines is 1. The van der Waals surface area contributed by atoms with Crippen molar-refractivity contribution in [1.29, 1.82) is 0 Å². The highest BCUT2D eigenvalue weighted by Crippen LogP contribution is 2.67. The lowest BCUT2D eigenvalue weighted by atomic mass is 10.00. The van der Waals surface area contributed by atoms with E-state index in [1.54, 1.807) is 18.3 Å². The van der Waals surface area contributed by atoms with Gasteiger partial charge in [-0.1, -0.05) is 6.92 Å². The highest BCUT2D eigenvalue weighted by atomic mass is 32.2. The highest BCUT2D eigenvalue weighted by Gasteiger charge is 2.60. The van der Waals surface area contributed by atoms with Gasteiger partial charge in [-0.2, -0.15) is 4.98 Å². The lowest BCUT2D eigenvalue weighted by Gasteiger charge is -2.30. The number of sulfonamides is 1. The van der Waals surface area contributed by atoms with Crippen molar-refractivity contribution in [3.05, 3.63) is 28.7 Å². The van der Waals surface area contributed by atoms with Gasteiger partial charge in [0.1, 0.15) is 5.65 Å². The van der Waals surface area contributed by atoms with Crippen molar-refractivity contribution >= 4 is 27.0 Å². The number of nitrogens with one attached hydrogen (secondary N) is 1. The third-order valence-corrected chi connectivity index (χ3v) is 8.55. The van der Waals surface area contributed by atoms with Gasteiger partial charge < -0.3 is 5.32 Å². The van der Waals surface area contributed by atoms with Crippen LogP contribution in [0.5, 0.6) is 0 Å². The third-order valence-electron chi connectivity index (χ3n) is 7.24. The van der Waals surface area contributed by atoms with E-state index in [1.165, 1.54) is 23.4 Å². The predicted octanol–water partition coefficient (Wildman–Crippen LogP) is 1.99. The molecule has 1 saturated heterocycles. The molecule has 156 valence electrons. The van der Waals surface area contributed by atoms with Crippen LogP contribution in [0.2, 0.25) is 0 Å². The normalized spacial score (nSPS) is 30.4. The number of rotatable bonds is 4. The molecule has 1 aliphatic heterocycles. The van der Waals surface area contributed by atoms with E-state index in [9.17, 15) is 13.2 Å². The Labute approximate surface area is 170 Å². The van der Waals surface area contributed by atoms with Crippen LogP contribution in [0.25, 0.3) is 11.0 Å². The van der Waals surface area contributed by atoms with Crippen molar-refractivity contribution in [2.24, 2.45) is 11.3 Å². The van der Waals surface area contributed by atoms with Crippen molar-refractivity contribution in [2.75, 3.05) is 24.7 Å². The zero-order chi connectivity index (χ0) is 20.4. The molecular weight excluding hydrogens is 390 g/mol. The van der Waals surface area contributed by atoms with Crippen molar-refractivity contribution in [2.45, 2.75) is 51.1 Å². The average molecular weight is 418 g/mol. The molecule has 8 nitrogen and oxygen atoms in total. The summed E-state index contributed by atoms with van der Waals surface area (Å²) >= 11 is 0. The summed E-state index contributed by atoms with van der Waals surface area (Å²) in [7, 11) is -3.14. The van der Waals surface area contributed by atoms with E-state index >= 15 is 0 Å². The Morgan fingerprint density at radius 2 is 1.93 bits per heavy atom. The van der Waals surface area contributed by atoms with Crippen LogP contribution in [0.1, 0.15) is 45.1 Å². The van der Waals surface area contributed by atoms with Crippen LogP contribution in [-0.4, -0.2) is 52.6 Å². The van der Waals surface area contributed by atoms with Gasteiger partial charge in [0.15, 0.2) is 0 Å². The zero-order valence-electron chi connectivity index (χ0n) is 16.8. The van der Waals surface area contributed by atoms with Crippen LogP contribution < -0.4 is 10.9 Å². The molecule has 2 saturated carbocycles. The smallest absolute Gasteiger partial charge is 0.252 e. The number of aromatic nitrogens is 3. The fourth-order valence-electron chi connectivity index (χ4n) is 5.35. The van der Waals surface area contributed by atoms with Crippen LogP contribution in [0.15, 0.2) is 23.1 Å². The fourth-order valence-corrected chi connectivity index (χ4v) is 6.22. The second kappa shape index (κ2) is 6.50. The zero-order valence-corrected chi connectivity index (χ0v) is 17.7. The first-order chi connectivity index (χ1) is 13.8. The van der Waals surface area contributed by atoms with Crippen LogP contribution >= 0.6 is 0 Å². The SMILES string of the molecule is CC12CC1CCC2n1c(=O)ccc2cnc(NC3CCN(S(C)(=O)=O)CC3)nc21. The standard InChI is InChI=1S/C20H27N5O3S/c1-20-11-14(20)4-5-16(20)25-17(26)6-3-13-12-21-19(23-18(13)25)22-15-7-9-24(10-8-15)29(2,27)28/h3,6,12,14-16H,4-5,7-11H2,1-2H3,(H,21,22,23). The number of hydrogen-bond acceptors (Lipinski definition) is 6. The Bertz CT molecular complexity index is 1120. The summed E-state index contributed by atoms with van der Waals surface area (Å²) in [6.07, 6.45) is 7.83. The summed E-state index contributed by atoms with van der Waals surface area (Å²) in [4.78, 5) is 22.0. The summed E-state index contributed by atoms with van der Waals surface area (Å²) in [5, 5.41) is 4.22. The molecule has 0 spiro atoms. The topological polar surface area (TPSA) is 97.2 Å². The second-order valence-electron chi connectivity index (χ2n) is 9.09. The maximum Gasteiger partial charge on any atom is 0.252 e. The van der Waals surface area contributed by atoms with E-state index < -0.39 is 10.0 Å². The first kappa shape index (κ1) is 19.0. The Balaban J connectivity index is 1.42. The first-order valence-corrected chi connectivity index (χ1v) is 12.2. The number of piperidine rings is 1. The number of hydrogen-bond donors (Lipinski definition) is 1. The van der Waals surface area contributed by atoms with Crippen LogP contribution in [0.3, 0.4) is 0 Å². The molecule has 3 unspecified atom stereocenters. The van der Waals surface area contributed by atoms with Crippen LogP contribution in [0.4, 0.5) is 5.95 Å². The Kier molecular flexibility index (Phi) is 4.26. The summed E-state index contributed by atoms with van der Waals surface area (Å²) in [5.74, 6) is 1.24. The molecule has 3 aliphatic rings. The molecule has 2 aromatic heterocycles. The van der Waals surface area contributed by atoms with Crippen molar-refractivity contribution in [3.63, 3.8) is 0 Å². The molecule has 3 heterocycles. The van der Waals surface area contributed by atoms with E-state index in [-0.39, 0.29) is 23.1 Å². The summed E-state index contributed by atoms with van der Waals surface area (Å²) in [6, 6.07) is 3.73. The van der Waals surface area contributed by atoms with Gasteiger partial charge >= 0.3 is 0 Å². The van der Waals surface area contributed by atoms with E-state index in [4.69, 9.17) is 4.98 Å². The van der Waals surface area contributed by atoms with E-state index in [1.807, 2.05) is 4.57 Å². The fraction of sp³-hybridized carbons (Fsp3) is 0.650. The minimum atomic E-state index is -3.14. The molecule has 2 aromatic rings. The van der Waals surface area contributed by atoms with E-state index in [0.717, 1.165) is 17.7 Å². The molecule has 5 rings (SSSR count). The molecule has 1 N–H and O–H groups in total. The quantitative estimate of drug-likeness (QED) is 0.817. The molecule has 3 atom stereocenters. The lowest BCUT2D eigenvalue weighted by Crippen LogP contribution is -2.42. The van der Waals surface area contributed by atoms with Gasteiger partial charge in [-0.25, -0.2) is 17.7 Å². The largest absolute Gasteiger partial charge is 0.351 e. The lowest BCUT2D eigenvalue weighted by molar-refractivity contribution is 0.331. The molecule has 0 bridgehead atoms. The van der Waals surface area contributed by atoms with Crippen molar-refractivity contribution in [3.8, 4) is 0 Å². The van der Waals surface area contributed by atoms with Crippen LogP contribution in [0, 0.1) is 11.3 Å². The Morgan fingerprint density at radius 3 is 2.55 bits per heavy atom. The number of fused-ring (bicyclic) bond motifs is 2. The second-order valence-corrected chi connectivity index (χ2v) is 11.1. The maximum absolute atomic E-state index is 12.8. The summed E-state index contributed by atoms with van der Waals surface area (Å²) in [6.45, 7) is 3.28. The van der Waals surface area contributed by atoms with Gasteiger partial charge in [-0.05, 0) is 49.5 Å². The van der Waals surface area contributed by atoms with E-state index in [2.05, 4.69) is 17.2 Å². The molecule has 0 radical (unpaired) electrons. The Hall–Kier alpha value is -2.00. The predicted molar refractivity (Wildman–Crippen MR) is 111 cm³/mol.